The Kier molecular flexibility index (Phi) is 26.9. The van der Waals surface area contributed by atoms with Crippen LogP contribution >= 0.6 is 0 Å². The van der Waals surface area contributed by atoms with Crippen LogP contribution < -0.4 is 16.0 Å². The van der Waals surface area contributed by atoms with Gasteiger partial charge < -0.3 is 39.6 Å². The molecule has 11 nitrogen and oxygen atoms in total. The maximum absolute atomic E-state index is 12.5. The number of nitrogens with one attached hydrogen (secondary N) is 3. The first-order chi connectivity index (χ1) is 18.5. The van der Waals surface area contributed by atoms with Crippen LogP contribution in [0.3, 0.4) is 0 Å². The lowest BCUT2D eigenvalue weighted by Gasteiger charge is -2.19. The maximum atomic E-state index is 12.5. The van der Waals surface area contributed by atoms with Crippen LogP contribution in [0.1, 0.15) is 71.1 Å². The first-order valence-electron chi connectivity index (χ1n) is 14.1. The van der Waals surface area contributed by atoms with Crippen molar-refractivity contribution in [1.82, 2.24) is 16.0 Å². The van der Waals surface area contributed by atoms with Crippen LogP contribution in [0.15, 0.2) is 0 Å². The second kappa shape index (κ2) is 28.2. The van der Waals surface area contributed by atoms with Crippen molar-refractivity contribution in [2.75, 3.05) is 80.2 Å². The molecule has 0 saturated heterocycles. The summed E-state index contributed by atoms with van der Waals surface area (Å²) in [7, 11) is 3.28. The van der Waals surface area contributed by atoms with Crippen molar-refractivity contribution in [3.8, 4) is 0 Å². The van der Waals surface area contributed by atoms with Crippen LogP contribution in [-0.4, -0.2) is 104 Å². The van der Waals surface area contributed by atoms with Gasteiger partial charge in [-0.15, -0.1) is 0 Å². The molecule has 0 bridgehead atoms. The van der Waals surface area contributed by atoms with Gasteiger partial charge in [0.2, 0.25) is 17.7 Å². The van der Waals surface area contributed by atoms with E-state index in [2.05, 4.69) is 22.9 Å². The normalized spacial score (nSPS) is 11.8. The number of rotatable bonds is 28. The largest absolute Gasteiger partial charge is 0.385 e. The number of hydrogen-bond donors (Lipinski definition) is 3. The number of hydrogen-bond acceptors (Lipinski definition) is 8. The van der Waals surface area contributed by atoms with Crippen LogP contribution in [0.25, 0.3) is 0 Å². The first kappa shape index (κ1) is 36.2. The number of carbonyl (C=O) groups is 3. The molecular weight excluding hydrogens is 494 g/mol. The van der Waals surface area contributed by atoms with Gasteiger partial charge in [-0.05, 0) is 25.7 Å². The molecule has 224 valence electrons. The zero-order valence-electron chi connectivity index (χ0n) is 24.0. The van der Waals surface area contributed by atoms with Gasteiger partial charge >= 0.3 is 0 Å². The molecule has 11 heteroatoms. The summed E-state index contributed by atoms with van der Waals surface area (Å²) in [5.74, 6) is -0.345. The number of unbranched alkanes of at least 4 members (excludes halogenated alkanes) is 4. The van der Waals surface area contributed by atoms with Crippen LogP contribution in [0.5, 0.6) is 0 Å². The minimum atomic E-state index is -0.395. The van der Waals surface area contributed by atoms with Crippen LogP contribution in [0, 0.1) is 0 Å². The summed E-state index contributed by atoms with van der Waals surface area (Å²) in [5.41, 5.74) is 0. The predicted octanol–water partition coefficient (Wildman–Crippen LogP) is 1.97. The fourth-order valence-corrected chi connectivity index (χ4v) is 3.47. The molecule has 0 aromatic rings. The molecule has 0 aromatic carbocycles. The Morgan fingerprint density at radius 3 is 1.89 bits per heavy atom. The van der Waals surface area contributed by atoms with E-state index in [-0.39, 0.29) is 30.6 Å². The fourth-order valence-electron chi connectivity index (χ4n) is 3.47. The van der Waals surface area contributed by atoms with Crippen molar-refractivity contribution in [3.05, 3.63) is 0 Å². The molecule has 0 unspecified atom stereocenters. The molecule has 38 heavy (non-hydrogen) atoms. The minimum absolute atomic E-state index is 0.0775. The van der Waals surface area contributed by atoms with E-state index in [9.17, 15) is 14.4 Å². The second-order valence-electron chi connectivity index (χ2n) is 9.05. The van der Waals surface area contributed by atoms with Crippen molar-refractivity contribution in [1.29, 1.82) is 0 Å². The SMILES string of the molecule is CCCCCCC(=O)N[C@@H](CCC(=O)NCCCCOC)CC(=O)NCCOCCOCCOCCOC. The number of ether oxygens (including phenoxy) is 5. The van der Waals surface area contributed by atoms with Gasteiger partial charge in [-0.1, -0.05) is 26.2 Å². The molecule has 0 aliphatic rings. The molecule has 0 heterocycles. The van der Waals surface area contributed by atoms with Crippen LogP contribution in [-0.2, 0) is 38.1 Å². The van der Waals surface area contributed by atoms with E-state index < -0.39 is 6.04 Å². The molecular formula is C27H53N3O8. The summed E-state index contributed by atoms with van der Waals surface area (Å²) in [6.45, 7) is 7.07. The van der Waals surface area contributed by atoms with E-state index in [1.54, 1.807) is 14.2 Å². The fraction of sp³-hybridized carbons (Fsp3) is 0.889. The smallest absolute Gasteiger partial charge is 0.222 e. The molecule has 3 N–H and O–H groups in total. The molecule has 3 amide bonds. The molecule has 0 spiro atoms. The quantitative estimate of drug-likeness (QED) is 0.127. The molecule has 0 aliphatic carbocycles. The number of methoxy groups -OCH3 is 2. The van der Waals surface area contributed by atoms with Gasteiger partial charge in [-0.2, -0.15) is 0 Å². The van der Waals surface area contributed by atoms with E-state index in [0.717, 1.165) is 38.5 Å². The molecule has 0 aliphatic heterocycles. The monoisotopic (exact) mass is 547 g/mol. The second-order valence-corrected chi connectivity index (χ2v) is 9.05. The summed E-state index contributed by atoms with van der Waals surface area (Å²) < 4.78 is 26.1. The van der Waals surface area contributed by atoms with E-state index in [1.807, 2.05) is 0 Å². The molecule has 0 radical (unpaired) electrons. The van der Waals surface area contributed by atoms with Crippen molar-refractivity contribution < 1.29 is 38.1 Å². The summed E-state index contributed by atoms with van der Waals surface area (Å²) in [6, 6.07) is -0.395. The van der Waals surface area contributed by atoms with Gasteiger partial charge in [0, 0.05) is 59.2 Å². The third-order valence-electron chi connectivity index (χ3n) is 5.62. The third-order valence-corrected chi connectivity index (χ3v) is 5.62. The predicted molar refractivity (Wildman–Crippen MR) is 146 cm³/mol. The standard InChI is InChI=1S/C27H53N3O8/c1-4-5-6-7-10-26(32)30-24(11-12-25(31)28-13-8-9-15-34-2)23-27(33)29-14-16-36-19-20-38-22-21-37-18-17-35-3/h24H,4-23H2,1-3H3,(H,28,31)(H,29,33)(H,30,32)/t24-/m0/s1. The Balaban J connectivity index is 4.21. The lowest BCUT2D eigenvalue weighted by atomic mass is 10.1. The van der Waals surface area contributed by atoms with Crippen LogP contribution in [0.4, 0.5) is 0 Å². The van der Waals surface area contributed by atoms with Gasteiger partial charge in [0.15, 0.2) is 0 Å². The summed E-state index contributed by atoms with van der Waals surface area (Å²) in [5, 5.41) is 8.65. The highest BCUT2D eigenvalue weighted by atomic mass is 16.6. The van der Waals surface area contributed by atoms with Crippen molar-refractivity contribution in [3.63, 3.8) is 0 Å². The maximum Gasteiger partial charge on any atom is 0.222 e. The average molecular weight is 548 g/mol. The van der Waals surface area contributed by atoms with Gasteiger partial charge in [0.05, 0.1) is 46.2 Å². The number of carbonyl (C=O) groups excluding carboxylic acids is 3. The Hall–Kier alpha value is -1.79. The summed E-state index contributed by atoms with van der Waals surface area (Å²) in [4.78, 5) is 37.0. The van der Waals surface area contributed by atoms with Gasteiger partial charge in [-0.25, -0.2) is 0 Å². The summed E-state index contributed by atoms with van der Waals surface area (Å²) >= 11 is 0. The zero-order valence-corrected chi connectivity index (χ0v) is 24.0. The van der Waals surface area contributed by atoms with Crippen molar-refractivity contribution in [2.45, 2.75) is 77.2 Å². The Bertz CT molecular complexity index is 581. The van der Waals surface area contributed by atoms with Gasteiger partial charge in [0.25, 0.3) is 0 Å². The van der Waals surface area contributed by atoms with Crippen molar-refractivity contribution in [2.24, 2.45) is 0 Å². The lowest BCUT2D eigenvalue weighted by Crippen LogP contribution is -2.40. The Morgan fingerprint density at radius 1 is 0.605 bits per heavy atom. The van der Waals surface area contributed by atoms with E-state index >= 15 is 0 Å². The van der Waals surface area contributed by atoms with E-state index in [1.165, 1.54) is 0 Å². The third kappa shape index (κ3) is 25.8. The molecule has 0 fully saturated rings. The summed E-state index contributed by atoms with van der Waals surface area (Å²) in [6.07, 6.45) is 6.96. The van der Waals surface area contributed by atoms with Crippen molar-refractivity contribution >= 4 is 17.7 Å². The Morgan fingerprint density at radius 2 is 1.24 bits per heavy atom. The lowest BCUT2D eigenvalue weighted by molar-refractivity contribution is -0.125. The van der Waals surface area contributed by atoms with Crippen LogP contribution in [0.2, 0.25) is 0 Å². The zero-order chi connectivity index (χ0) is 28.1. The van der Waals surface area contributed by atoms with Gasteiger partial charge in [0.1, 0.15) is 0 Å². The highest BCUT2D eigenvalue weighted by Crippen LogP contribution is 2.06. The highest BCUT2D eigenvalue weighted by molar-refractivity contribution is 5.80. The highest BCUT2D eigenvalue weighted by Gasteiger charge is 2.18. The molecule has 0 aromatic heterocycles. The number of amides is 3. The first-order valence-corrected chi connectivity index (χ1v) is 14.1. The van der Waals surface area contributed by atoms with E-state index in [0.29, 0.717) is 78.8 Å². The average Bonchev–Trinajstić information content (AvgIpc) is 2.90. The van der Waals surface area contributed by atoms with E-state index in [4.69, 9.17) is 23.7 Å². The molecule has 1 atom stereocenters. The molecule has 0 saturated carbocycles. The minimum Gasteiger partial charge on any atom is -0.385 e. The van der Waals surface area contributed by atoms with Gasteiger partial charge in [-0.3, -0.25) is 14.4 Å². The Labute approximate surface area is 229 Å². The topological polar surface area (TPSA) is 133 Å². The molecule has 0 rings (SSSR count).